The van der Waals surface area contributed by atoms with E-state index in [0.717, 1.165) is 12.0 Å². The summed E-state index contributed by atoms with van der Waals surface area (Å²) in [7, 11) is 2.23. The van der Waals surface area contributed by atoms with Crippen LogP contribution in [0.1, 0.15) is 25.0 Å². The van der Waals surface area contributed by atoms with Crippen LogP contribution in [0.25, 0.3) is 0 Å². The highest BCUT2D eigenvalue weighted by molar-refractivity contribution is 7.89. The van der Waals surface area contributed by atoms with Crippen molar-refractivity contribution in [3.8, 4) is 0 Å². The standard InChI is InChI=1S/C15H27N3O2S/c1-6-13-7-8-15(9-14(13)10-16-3)21(19,20)17-12(2)11-18(4)5/h7-9,12,16-17H,6,10-11H2,1-5H3. The van der Waals surface area contributed by atoms with E-state index in [0.29, 0.717) is 18.0 Å². The predicted octanol–water partition coefficient (Wildman–Crippen LogP) is 1.20. The second kappa shape index (κ2) is 7.89. The van der Waals surface area contributed by atoms with Crippen molar-refractivity contribution < 1.29 is 8.42 Å². The zero-order valence-electron chi connectivity index (χ0n) is 13.6. The largest absolute Gasteiger partial charge is 0.316 e. The molecule has 0 heterocycles. The minimum absolute atomic E-state index is 0.136. The van der Waals surface area contributed by atoms with Gasteiger partial charge in [-0.15, -0.1) is 0 Å². The van der Waals surface area contributed by atoms with Gasteiger partial charge in [0.2, 0.25) is 10.0 Å². The van der Waals surface area contributed by atoms with E-state index in [-0.39, 0.29) is 6.04 Å². The number of hydrogen-bond acceptors (Lipinski definition) is 4. The molecule has 0 aliphatic rings. The van der Waals surface area contributed by atoms with Crippen molar-refractivity contribution in [3.05, 3.63) is 29.3 Å². The summed E-state index contributed by atoms with van der Waals surface area (Å²) in [5.41, 5.74) is 2.20. The lowest BCUT2D eigenvalue weighted by molar-refractivity contribution is 0.370. The summed E-state index contributed by atoms with van der Waals surface area (Å²) >= 11 is 0. The van der Waals surface area contributed by atoms with Gasteiger partial charge in [-0.3, -0.25) is 0 Å². The van der Waals surface area contributed by atoms with Crippen molar-refractivity contribution in [1.29, 1.82) is 0 Å². The Morgan fingerprint density at radius 3 is 2.43 bits per heavy atom. The van der Waals surface area contributed by atoms with E-state index < -0.39 is 10.0 Å². The van der Waals surface area contributed by atoms with Crippen LogP contribution in [0.2, 0.25) is 0 Å². The van der Waals surface area contributed by atoms with Crippen LogP contribution in [-0.4, -0.2) is 47.0 Å². The Morgan fingerprint density at radius 2 is 1.90 bits per heavy atom. The third kappa shape index (κ3) is 5.39. The Morgan fingerprint density at radius 1 is 1.24 bits per heavy atom. The van der Waals surface area contributed by atoms with Gasteiger partial charge in [-0.1, -0.05) is 13.0 Å². The summed E-state index contributed by atoms with van der Waals surface area (Å²) in [6.07, 6.45) is 0.891. The first-order chi connectivity index (χ1) is 9.80. The SMILES string of the molecule is CCc1ccc(S(=O)(=O)NC(C)CN(C)C)cc1CNC. The van der Waals surface area contributed by atoms with E-state index in [1.54, 1.807) is 12.1 Å². The first-order valence-electron chi connectivity index (χ1n) is 7.23. The Labute approximate surface area is 128 Å². The Balaban J connectivity index is 3.00. The molecule has 21 heavy (non-hydrogen) atoms. The molecule has 2 N–H and O–H groups in total. The second-order valence-corrected chi connectivity index (χ2v) is 7.31. The normalized spacial score (nSPS) is 13.6. The molecule has 6 heteroatoms. The quantitative estimate of drug-likeness (QED) is 0.757. The topological polar surface area (TPSA) is 61.4 Å². The maximum atomic E-state index is 12.4. The molecule has 5 nitrogen and oxygen atoms in total. The van der Waals surface area contributed by atoms with Gasteiger partial charge in [0.1, 0.15) is 0 Å². The third-order valence-corrected chi connectivity index (χ3v) is 4.82. The van der Waals surface area contributed by atoms with E-state index in [1.165, 1.54) is 5.56 Å². The van der Waals surface area contributed by atoms with Gasteiger partial charge in [-0.05, 0) is 57.7 Å². The monoisotopic (exact) mass is 313 g/mol. The van der Waals surface area contributed by atoms with Crippen molar-refractivity contribution in [2.24, 2.45) is 0 Å². The zero-order valence-corrected chi connectivity index (χ0v) is 14.4. The van der Waals surface area contributed by atoms with Crippen molar-refractivity contribution in [2.45, 2.75) is 37.8 Å². The van der Waals surface area contributed by atoms with Crippen LogP contribution in [0.5, 0.6) is 0 Å². The van der Waals surface area contributed by atoms with Gasteiger partial charge in [-0.25, -0.2) is 13.1 Å². The van der Waals surface area contributed by atoms with Crippen molar-refractivity contribution in [2.75, 3.05) is 27.7 Å². The molecule has 0 aromatic heterocycles. The van der Waals surface area contributed by atoms with Gasteiger partial charge in [0.25, 0.3) is 0 Å². The number of likely N-dealkylation sites (N-methyl/N-ethyl adjacent to an activating group) is 1. The first kappa shape index (κ1) is 18.1. The number of sulfonamides is 1. The van der Waals surface area contributed by atoms with E-state index in [2.05, 4.69) is 17.0 Å². The highest BCUT2D eigenvalue weighted by Gasteiger charge is 2.18. The van der Waals surface area contributed by atoms with Crippen LogP contribution in [0.4, 0.5) is 0 Å². The van der Waals surface area contributed by atoms with E-state index >= 15 is 0 Å². The molecule has 0 saturated carbocycles. The number of hydrogen-bond donors (Lipinski definition) is 2. The molecular formula is C15H27N3O2S. The van der Waals surface area contributed by atoms with E-state index in [4.69, 9.17) is 0 Å². The molecule has 0 radical (unpaired) electrons. The summed E-state index contributed by atoms with van der Waals surface area (Å²) in [4.78, 5) is 2.29. The first-order valence-corrected chi connectivity index (χ1v) is 8.72. The fourth-order valence-electron chi connectivity index (χ4n) is 2.39. The minimum atomic E-state index is -3.48. The lowest BCUT2D eigenvalue weighted by atomic mass is 10.1. The van der Waals surface area contributed by atoms with Crippen molar-refractivity contribution in [3.63, 3.8) is 0 Å². The molecule has 0 aliphatic carbocycles. The van der Waals surface area contributed by atoms with Gasteiger partial charge in [0.05, 0.1) is 4.90 Å². The van der Waals surface area contributed by atoms with Crippen LogP contribution in [-0.2, 0) is 23.0 Å². The second-order valence-electron chi connectivity index (χ2n) is 5.60. The Bertz CT molecular complexity index is 556. The van der Waals surface area contributed by atoms with Gasteiger partial charge in [0.15, 0.2) is 0 Å². The molecule has 120 valence electrons. The number of nitrogens with zero attached hydrogens (tertiary/aromatic N) is 1. The maximum Gasteiger partial charge on any atom is 0.240 e. The lowest BCUT2D eigenvalue weighted by Crippen LogP contribution is -2.39. The van der Waals surface area contributed by atoms with Crippen LogP contribution in [0.3, 0.4) is 0 Å². The van der Waals surface area contributed by atoms with Gasteiger partial charge >= 0.3 is 0 Å². The number of rotatable bonds is 8. The summed E-state index contributed by atoms with van der Waals surface area (Å²) in [5.74, 6) is 0. The highest BCUT2D eigenvalue weighted by atomic mass is 32.2. The van der Waals surface area contributed by atoms with Crippen LogP contribution >= 0.6 is 0 Å². The molecule has 0 saturated heterocycles. The third-order valence-electron chi connectivity index (χ3n) is 3.23. The van der Waals surface area contributed by atoms with Crippen molar-refractivity contribution >= 4 is 10.0 Å². The Hall–Kier alpha value is -0.950. The molecule has 0 bridgehead atoms. The van der Waals surface area contributed by atoms with Crippen molar-refractivity contribution in [1.82, 2.24) is 14.9 Å². The summed E-state index contributed by atoms with van der Waals surface area (Å²) in [6.45, 7) is 5.27. The van der Waals surface area contributed by atoms with Crippen LogP contribution < -0.4 is 10.0 Å². The van der Waals surface area contributed by atoms with Gasteiger partial charge in [0, 0.05) is 19.1 Å². The highest BCUT2D eigenvalue weighted by Crippen LogP contribution is 2.17. The predicted molar refractivity (Wildman–Crippen MR) is 86.9 cm³/mol. The van der Waals surface area contributed by atoms with Gasteiger partial charge in [-0.2, -0.15) is 0 Å². The summed E-state index contributed by atoms with van der Waals surface area (Å²) < 4.78 is 27.6. The Kier molecular flexibility index (Phi) is 6.80. The van der Waals surface area contributed by atoms with Crippen LogP contribution in [0, 0.1) is 0 Å². The molecule has 1 aromatic carbocycles. The zero-order chi connectivity index (χ0) is 16.0. The average molecular weight is 313 g/mol. The number of benzene rings is 1. The fraction of sp³-hybridized carbons (Fsp3) is 0.600. The summed E-state index contributed by atoms with van der Waals surface area (Å²) in [6, 6.07) is 5.21. The molecule has 1 rings (SSSR count). The molecule has 1 aromatic rings. The lowest BCUT2D eigenvalue weighted by Gasteiger charge is -2.19. The van der Waals surface area contributed by atoms with Gasteiger partial charge < -0.3 is 10.2 Å². The number of nitrogens with one attached hydrogen (secondary N) is 2. The fourth-order valence-corrected chi connectivity index (χ4v) is 3.67. The number of aryl methyl sites for hydroxylation is 1. The maximum absolute atomic E-state index is 12.4. The molecule has 0 spiro atoms. The molecule has 1 atom stereocenters. The van der Waals surface area contributed by atoms with E-state index in [1.807, 2.05) is 39.0 Å². The van der Waals surface area contributed by atoms with Crippen LogP contribution in [0.15, 0.2) is 23.1 Å². The van der Waals surface area contributed by atoms with E-state index in [9.17, 15) is 8.42 Å². The molecule has 0 amide bonds. The molecule has 0 fully saturated rings. The molecule has 1 unspecified atom stereocenters. The summed E-state index contributed by atoms with van der Waals surface area (Å²) in [5, 5.41) is 3.08. The molecular weight excluding hydrogens is 286 g/mol. The average Bonchev–Trinajstić information content (AvgIpc) is 2.37. The molecule has 0 aliphatic heterocycles. The minimum Gasteiger partial charge on any atom is -0.316 e. The smallest absolute Gasteiger partial charge is 0.240 e.